The SMILES string of the molecule is CCCCCCCCCCCCCCCCC(=O)OC[C@H](COP(=O)(O)OC[C@@H](O)COP(=O)(O)OC[C@@H](COC(=O)CCCCCCCCC(C)C)OC(=O)CCCCCCCCCCC(C)C)OC(=O)CCCCCCCCCCCCCCCCCCC(C)C. The number of esters is 4. The van der Waals surface area contributed by atoms with Crippen LogP contribution in [0.25, 0.3) is 0 Å². The summed E-state index contributed by atoms with van der Waals surface area (Å²) in [5.74, 6) is 0.0834. The van der Waals surface area contributed by atoms with Crippen molar-refractivity contribution in [2.75, 3.05) is 39.6 Å². The smallest absolute Gasteiger partial charge is 0.462 e. The normalized spacial score (nSPS) is 14.1. The molecule has 0 aromatic carbocycles. The average Bonchev–Trinajstić information content (AvgIpc) is 2.53. The van der Waals surface area contributed by atoms with Gasteiger partial charge in [0.05, 0.1) is 26.4 Å². The zero-order valence-corrected chi connectivity index (χ0v) is 62.5. The Labute approximate surface area is 568 Å². The number of rotatable bonds is 72. The predicted molar refractivity (Wildman–Crippen MR) is 377 cm³/mol. The van der Waals surface area contributed by atoms with Crippen LogP contribution in [0.2, 0.25) is 0 Å². The maximum atomic E-state index is 13.1. The summed E-state index contributed by atoms with van der Waals surface area (Å²) in [6.07, 6.45) is 50.2. The molecule has 5 atom stereocenters. The number of aliphatic hydroxyl groups excluding tert-OH is 1. The molecule has 0 radical (unpaired) electrons. The Morgan fingerprint density at radius 1 is 0.290 bits per heavy atom. The molecule has 0 heterocycles. The van der Waals surface area contributed by atoms with Crippen LogP contribution in [-0.4, -0.2) is 96.7 Å². The zero-order chi connectivity index (χ0) is 68.7. The molecule has 0 aliphatic carbocycles. The lowest BCUT2D eigenvalue weighted by Gasteiger charge is -2.21. The van der Waals surface area contributed by atoms with Crippen LogP contribution in [0, 0.1) is 17.8 Å². The van der Waals surface area contributed by atoms with Gasteiger partial charge in [-0.2, -0.15) is 0 Å². The van der Waals surface area contributed by atoms with E-state index < -0.39 is 97.5 Å². The lowest BCUT2D eigenvalue weighted by atomic mass is 10.0. The predicted octanol–water partition coefficient (Wildman–Crippen LogP) is 21.4. The first-order valence-corrected chi connectivity index (χ1v) is 41.3. The highest BCUT2D eigenvalue weighted by Gasteiger charge is 2.30. The van der Waals surface area contributed by atoms with E-state index in [9.17, 15) is 43.2 Å². The van der Waals surface area contributed by atoms with Crippen molar-refractivity contribution >= 4 is 39.5 Å². The van der Waals surface area contributed by atoms with Crippen LogP contribution in [0.5, 0.6) is 0 Å². The number of hydrogen-bond acceptors (Lipinski definition) is 15. The van der Waals surface area contributed by atoms with Crippen LogP contribution in [0.4, 0.5) is 0 Å². The summed E-state index contributed by atoms with van der Waals surface area (Å²) in [5.41, 5.74) is 0. The summed E-state index contributed by atoms with van der Waals surface area (Å²) in [7, 11) is -9.91. The summed E-state index contributed by atoms with van der Waals surface area (Å²) in [6, 6.07) is 0. The van der Waals surface area contributed by atoms with E-state index >= 15 is 0 Å². The molecule has 0 rings (SSSR count). The van der Waals surface area contributed by atoms with Crippen molar-refractivity contribution in [3.63, 3.8) is 0 Å². The second-order valence-corrected chi connectivity index (χ2v) is 31.0. The summed E-state index contributed by atoms with van der Waals surface area (Å²) in [6.45, 7) is 11.8. The molecule has 0 aliphatic heterocycles. The number of aliphatic hydroxyl groups is 1. The van der Waals surface area contributed by atoms with E-state index in [1.54, 1.807) is 0 Å². The van der Waals surface area contributed by atoms with Gasteiger partial charge in [0, 0.05) is 25.7 Å². The maximum absolute atomic E-state index is 13.1. The van der Waals surface area contributed by atoms with E-state index in [1.807, 2.05) is 0 Å². The van der Waals surface area contributed by atoms with E-state index in [1.165, 1.54) is 180 Å². The van der Waals surface area contributed by atoms with Crippen LogP contribution in [0.15, 0.2) is 0 Å². The standard InChI is InChI=1S/C74H144O17P2/c1-8-9-10-11-12-13-14-15-21-24-27-33-41-48-55-71(76)84-61-69(90-73(78)57-50-43-34-28-25-22-19-17-16-18-20-23-26-31-38-45-52-65(2)3)63-88-92(80,81)86-59-68(75)60-87-93(82,83)89-64-70(62-85-72(77)56-49-42-37-36-40-47-54-67(6)7)91-74(79)58-51-44-35-30-29-32-39-46-53-66(4)5/h65-70,75H,8-64H2,1-7H3,(H,80,81)(H,82,83)/t68-,69-,70-/m1/s1. The third kappa shape index (κ3) is 68.4. The molecular formula is C74H144O17P2. The van der Waals surface area contributed by atoms with Gasteiger partial charge in [0.1, 0.15) is 19.3 Å². The van der Waals surface area contributed by atoms with Crippen molar-refractivity contribution in [1.29, 1.82) is 0 Å². The molecule has 0 aliphatic rings. The number of phosphoric acid groups is 2. The highest BCUT2D eigenvalue weighted by atomic mass is 31.2. The minimum absolute atomic E-state index is 0.103. The molecule has 0 aromatic rings. The van der Waals surface area contributed by atoms with Crippen LogP contribution in [0.3, 0.4) is 0 Å². The van der Waals surface area contributed by atoms with Gasteiger partial charge < -0.3 is 33.8 Å². The minimum atomic E-state index is -4.96. The fraction of sp³-hybridized carbons (Fsp3) is 0.946. The first-order valence-electron chi connectivity index (χ1n) is 38.3. The Morgan fingerprint density at radius 3 is 0.731 bits per heavy atom. The van der Waals surface area contributed by atoms with Crippen molar-refractivity contribution in [3.8, 4) is 0 Å². The number of phosphoric ester groups is 2. The topological polar surface area (TPSA) is 237 Å². The lowest BCUT2D eigenvalue weighted by Crippen LogP contribution is -2.30. The Balaban J connectivity index is 5.22. The van der Waals surface area contributed by atoms with Crippen LogP contribution < -0.4 is 0 Å². The molecule has 0 spiro atoms. The molecular weight excluding hydrogens is 1220 g/mol. The highest BCUT2D eigenvalue weighted by molar-refractivity contribution is 7.47. The fourth-order valence-corrected chi connectivity index (χ4v) is 12.8. The second-order valence-electron chi connectivity index (χ2n) is 28.1. The number of unbranched alkanes of at least 4 members (excludes halogenated alkanes) is 40. The lowest BCUT2D eigenvalue weighted by molar-refractivity contribution is -0.161. The number of carbonyl (C=O) groups is 4. The first-order chi connectivity index (χ1) is 44.7. The molecule has 0 amide bonds. The Morgan fingerprint density at radius 2 is 0.495 bits per heavy atom. The van der Waals surface area contributed by atoms with Crippen LogP contribution in [-0.2, 0) is 65.4 Å². The molecule has 552 valence electrons. The van der Waals surface area contributed by atoms with Gasteiger partial charge in [0.2, 0.25) is 0 Å². The molecule has 2 unspecified atom stereocenters. The van der Waals surface area contributed by atoms with Crippen molar-refractivity contribution in [2.45, 2.75) is 394 Å². The molecule has 0 bridgehead atoms. The van der Waals surface area contributed by atoms with E-state index in [4.69, 9.17) is 37.0 Å². The minimum Gasteiger partial charge on any atom is -0.462 e. The van der Waals surface area contributed by atoms with Crippen LogP contribution >= 0.6 is 15.6 Å². The first kappa shape index (κ1) is 91.1. The number of hydrogen-bond donors (Lipinski definition) is 3. The molecule has 17 nitrogen and oxygen atoms in total. The van der Waals surface area contributed by atoms with Crippen molar-refractivity contribution < 1.29 is 80.2 Å². The largest absolute Gasteiger partial charge is 0.472 e. The Hall–Kier alpha value is -1.94. The fourth-order valence-electron chi connectivity index (χ4n) is 11.2. The molecule has 3 N–H and O–H groups in total. The summed E-state index contributed by atoms with van der Waals surface area (Å²) in [5, 5.41) is 10.6. The molecule has 0 aromatic heterocycles. The molecule has 19 heteroatoms. The van der Waals surface area contributed by atoms with E-state index in [2.05, 4.69) is 48.5 Å². The maximum Gasteiger partial charge on any atom is 0.472 e. The van der Waals surface area contributed by atoms with Crippen LogP contribution in [0.1, 0.15) is 376 Å². The van der Waals surface area contributed by atoms with Gasteiger partial charge in [0.25, 0.3) is 0 Å². The third-order valence-electron chi connectivity index (χ3n) is 17.1. The third-order valence-corrected chi connectivity index (χ3v) is 19.0. The quantitative estimate of drug-likeness (QED) is 0.0222. The van der Waals surface area contributed by atoms with E-state index in [0.29, 0.717) is 31.6 Å². The average molecular weight is 1370 g/mol. The zero-order valence-electron chi connectivity index (χ0n) is 60.7. The van der Waals surface area contributed by atoms with Gasteiger partial charge in [-0.05, 0) is 43.4 Å². The van der Waals surface area contributed by atoms with E-state index in [-0.39, 0.29) is 25.7 Å². The van der Waals surface area contributed by atoms with Gasteiger partial charge in [-0.15, -0.1) is 0 Å². The summed E-state index contributed by atoms with van der Waals surface area (Å²) in [4.78, 5) is 72.6. The second kappa shape index (κ2) is 64.7. The van der Waals surface area contributed by atoms with Gasteiger partial charge in [-0.1, -0.05) is 325 Å². The van der Waals surface area contributed by atoms with E-state index in [0.717, 1.165) is 108 Å². The van der Waals surface area contributed by atoms with Gasteiger partial charge in [0.15, 0.2) is 12.2 Å². The van der Waals surface area contributed by atoms with Crippen molar-refractivity contribution in [3.05, 3.63) is 0 Å². The number of ether oxygens (including phenoxy) is 4. The summed E-state index contributed by atoms with van der Waals surface area (Å²) >= 11 is 0. The molecule has 0 saturated carbocycles. The van der Waals surface area contributed by atoms with Crippen molar-refractivity contribution in [2.24, 2.45) is 17.8 Å². The monoisotopic (exact) mass is 1370 g/mol. The highest BCUT2D eigenvalue weighted by Crippen LogP contribution is 2.45. The Bertz CT molecular complexity index is 1820. The summed E-state index contributed by atoms with van der Waals surface area (Å²) < 4.78 is 68.4. The van der Waals surface area contributed by atoms with Gasteiger partial charge >= 0.3 is 39.5 Å². The van der Waals surface area contributed by atoms with Gasteiger partial charge in [-0.25, -0.2) is 9.13 Å². The Kier molecular flexibility index (Phi) is 63.4. The van der Waals surface area contributed by atoms with Crippen molar-refractivity contribution in [1.82, 2.24) is 0 Å². The molecule has 0 fully saturated rings. The van der Waals surface area contributed by atoms with Gasteiger partial charge in [-0.3, -0.25) is 37.3 Å². The molecule has 93 heavy (non-hydrogen) atoms. The molecule has 0 saturated heterocycles. The number of carbonyl (C=O) groups excluding carboxylic acids is 4.